The molecule has 0 saturated heterocycles. The van der Waals surface area contributed by atoms with Crippen LogP contribution >= 0.6 is 0 Å². The molecule has 39 heavy (non-hydrogen) atoms. The molecule has 4 rings (SSSR count). The molecule has 0 radical (unpaired) electrons. The summed E-state index contributed by atoms with van der Waals surface area (Å²) in [6, 6.07) is 10.7. The summed E-state index contributed by atoms with van der Waals surface area (Å²) < 4.78 is 82.2. The Bertz CT molecular complexity index is 1460. The van der Waals surface area contributed by atoms with Crippen molar-refractivity contribution in [2.75, 3.05) is 21.9 Å². The van der Waals surface area contributed by atoms with Gasteiger partial charge in [0.25, 0.3) is 5.91 Å². The van der Waals surface area contributed by atoms with Gasteiger partial charge in [0.1, 0.15) is 0 Å². The van der Waals surface area contributed by atoms with Gasteiger partial charge in [-0.3, -0.25) is 9.52 Å². The highest BCUT2D eigenvalue weighted by Crippen LogP contribution is 2.52. The predicted octanol–water partition coefficient (Wildman–Crippen LogP) is 4.88. The van der Waals surface area contributed by atoms with Crippen molar-refractivity contribution in [2.24, 2.45) is 5.92 Å². The van der Waals surface area contributed by atoms with Crippen LogP contribution in [0, 0.1) is 5.92 Å². The highest BCUT2D eigenvalue weighted by molar-refractivity contribution is 7.92. The van der Waals surface area contributed by atoms with E-state index < -0.39 is 49.3 Å². The molecule has 1 aliphatic carbocycles. The van der Waals surface area contributed by atoms with Gasteiger partial charge in [-0.05, 0) is 95.3 Å². The second-order valence-electron chi connectivity index (χ2n) is 11.5. The molecule has 8 nitrogen and oxygen atoms in total. The zero-order valence-electron chi connectivity index (χ0n) is 22.5. The number of halogens is 2. The number of benzene rings is 2. The zero-order valence-corrected chi connectivity index (χ0v) is 24.1. The van der Waals surface area contributed by atoms with Crippen molar-refractivity contribution >= 4 is 37.3 Å². The Kier molecular flexibility index (Phi) is 7.87. The van der Waals surface area contributed by atoms with E-state index in [0.29, 0.717) is 24.2 Å². The number of anilines is 2. The fraction of sp³-hybridized carbons (Fsp3) is 0.519. The van der Waals surface area contributed by atoms with Crippen LogP contribution in [0.2, 0.25) is 0 Å². The van der Waals surface area contributed by atoms with Gasteiger partial charge in [-0.1, -0.05) is 6.07 Å². The lowest BCUT2D eigenvalue weighted by Gasteiger charge is -2.37. The average molecular weight is 584 g/mol. The molecule has 214 valence electrons. The first-order chi connectivity index (χ1) is 18.1. The number of hydrogen-bond acceptors (Lipinski definition) is 5. The van der Waals surface area contributed by atoms with Gasteiger partial charge in [-0.25, -0.2) is 30.3 Å². The van der Waals surface area contributed by atoms with Crippen LogP contribution < -0.4 is 14.3 Å². The summed E-state index contributed by atoms with van der Waals surface area (Å²) in [5.74, 6) is -1.25. The number of rotatable bonds is 7. The first kappa shape index (κ1) is 29.4. The molecule has 2 aromatic carbocycles. The molecular formula is C27H35F2N3O5S2. The van der Waals surface area contributed by atoms with Crippen molar-refractivity contribution in [2.45, 2.75) is 75.7 Å². The maximum Gasteiger partial charge on any atom is 0.258 e. The summed E-state index contributed by atoms with van der Waals surface area (Å²) >= 11 is 0. The Morgan fingerprint density at radius 2 is 1.74 bits per heavy atom. The number of carbonyl (C=O) groups excluding carboxylic acids is 1. The zero-order chi connectivity index (χ0) is 28.8. The van der Waals surface area contributed by atoms with Crippen LogP contribution in [-0.2, 0) is 25.5 Å². The van der Waals surface area contributed by atoms with Gasteiger partial charge >= 0.3 is 0 Å². The van der Waals surface area contributed by atoms with Gasteiger partial charge in [0, 0.05) is 40.4 Å². The summed E-state index contributed by atoms with van der Waals surface area (Å²) in [7, 11) is -7.43. The monoisotopic (exact) mass is 583 g/mol. The largest absolute Gasteiger partial charge is 0.307 e. The van der Waals surface area contributed by atoms with Gasteiger partial charge in [-0.15, -0.1) is 0 Å². The molecule has 0 unspecified atom stereocenters. The Morgan fingerprint density at radius 3 is 2.33 bits per heavy atom. The number of hydrogen-bond donors (Lipinski definition) is 2. The third-order valence-corrected chi connectivity index (χ3v) is 10.5. The molecule has 1 fully saturated rings. The Morgan fingerprint density at radius 1 is 1.08 bits per heavy atom. The predicted molar refractivity (Wildman–Crippen MR) is 147 cm³/mol. The minimum atomic E-state index is -3.88. The average Bonchev–Trinajstić information content (AvgIpc) is 3.15. The summed E-state index contributed by atoms with van der Waals surface area (Å²) in [4.78, 5) is 15.3. The smallest absolute Gasteiger partial charge is 0.258 e. The minimum Gasteiger partial charge on any atom is -0.307 e. The minimum absolute atomic E-state index is 0.0424. The molecule has 1 aliphatic heterocycles. The van der Waals surface area contributed by atoms with Crippen molar-refractivity contribution in [3.63, 3.8) is 0 Å². The number of fused-ring (bicyclic) bond motifs is 2. The van der Waals surface area contributed by atoms with Gasteiger partial charge < -0.3 is 4.90 Å². The molecule has 2 aliphatic rings. The van der Waals surface area contributed by atoms with Gasteiger partial charge in [-0.2, -0.15) is 0 Å². The molecule has 0 bridgehead atoms. The SMILES string of the molecule is CCS(=O)(=O)Nc1ccc2c(c1)[C@]1(CC[C@@H](C(F)F)CC1)CN2C(=O)c1cccc(S(=O)(=O)NC(C)(C)C)c1. The maximum atomic E-state index is 13.8. The van der Waals surface area contributed by atoms with Crippen LogP contribution in [0.25, 0.3) is 0 Å². The van der Waals surface area contributed by atoms with Crippen molar-refractivity contribution < 1.29 is 30.4 Å². The fourth-order valence-electron chi connectivity index (χ4n) is 5.45. The molecule has 1 spiro atoms. The Labute approximate surface area is 229 Å². The fourth-order valence-corrected chi connectivity index (χ4v) is 7.55. The Hall–Kier alpha value is -2.57. The summed E-state index contributed by atoms with van der Waals surface area (Å²) in [5, 5.41) is 0. The van der Waals surface area contributed by atoms with E-state index in [2.05, 4.69) is 9.44 Å². The first-order valence-electron chi connectivity index (χ1n) is 12.9. The number of nitrogens with one attached hydrogen (secondary N) is 2. The third kappa shape index (κ3) is 6.28. The van der Waals surface area contributed by atoms with Crippen LogP contribution in [0.4, 0.5) is 20.2 Å². The second-order valence-corrected chi connectivity index (χ2v) is 15.2. The molecule has 0 atom stereocenters. The third-order valence-electron chi connectivity index (χ3n) is 7.39. The van der Waals surface area contributed by atoms with Crippen LogP contribution in [-0.4, -0.2) is 47.0 Å². The van der Waals surface area contributed by atoms with Crippen molar-refractivity contribution in [3.8, 4) is 0 Å². The topological polar surface area (TPSA) is 113 Å². The van der Waals surface area contributed by atoms with E-state index in [1.54, 1.807) is 49.9 Å². The van der Waals surface area contributed by atoms with Crippen molar-refractivity contribution in [1.29, 1.82) is 0 Å². The van der Waals surface area contributed by atoms with E-state index in [9.17, 15) is 30.4 Å². The quantitative estimate of drug-likeness (QED) is 0.483. The van der Waals surface area contributed by atoms with Crippen LogP contribution in [0.3, 0.4) is 0 Å². The summed E-state index contributed by atoms with van der Waals surface area (Å²) in [6.07, 6.45) is -0.999. The molecule has 2 N–H and O–H groups in total. The molecule has 12 heteroatoms. The summed E-state index contributed by atoms with van der Waals surface area (Å²) in [5.41, 5.74) is 0.497. The lowest BCUT2D eigenvalue weighted by molar-refractivity contribution is 0.0423. The number of carbonyl (C=O) groups is 1. The van der Waals surface area contributed by atoms with E-state index in [0.717, 1.165) is 5.56 Å². The van der Waals surface area contributed by atoms with Crippen molar-refractivity contribution in [3.05, 3.63) is 53.6 Å². The standard InChI is InChI=1S/C27H35F2N3O5S2/c1-5-38(34,35)30-20-9-10-23-22(16-20)27(13-11-18(12-14-27)24(28)29)17-32(23)25(33)19-7-6-8-21(15-19)39(36,37)31-26(2,3)4/h6-10,15-16,18,24,30-31H,5,11-14,17H2,1-4H3/t18-,27+. The van der Waals surface area contributed by atoms with Gasteiger partial charge in [0.2, 0.25) is 26.5 Å². The number of nitrogens with zero attached hydrogens (tertiary/aromatic N) is 1. The number of alkyl halides is 2. The van der Waals surface area contributed by atoms with E-state index in [4.69, 9.17) is 0 Å². The second kappa shape index (κ2) is 10.4. The van der Waals surface area contributed by atoms with E-state index in [-0.39, 0.29) is 35.6 Å². The normalized spacial score (nSPS) is 21.8. The highest BCUT2D eigenvalue weighted by Gasteiger charge is 2.48. The van der Waals surface area contributed by atoms with Crippen molar-refractivity contribution in [1.82, 2.24) is 4.72 Å². The van der Waals surface area contributed by atoms with Crippen LogP contribution in [0.1, 0.15) is 69.3 Å². The molecule has 1 heterocycles. The first-order valence-corrected chi connectivity index (χ1v) is 16.1. The van der Waals surface area contributed by atoms with E-state index >= 15 is 0 Å². The molecular weight excluding hydrogens is 548 g/mol. The lowest BCUT2D eigenvalue weighted by Crippen LogP contribution is -2.41. The number of amides is 1. The van der Waals surface area contributed by atoms with Crippen LogP contribution in [0.5, 0.6) is 0 Å². The van der Waals surface area contributed by atoms with E-state index in [1.807, 2.05) is 0 Å². The molecule has 1 amide bonds. The molecule has 2 aromatic rings. The summed E-state index contributed by atoms with van der Waals surface area (Å²) in [6.45, 7) is 6.92. The van der Waals surface area contributed by atoms with Gasteiger partial charge in [0.05, 0.1) is 10.6 Å². The molecule has 0 aromatic heterocycles. The highest BCUT2D eigenvalue weighted by atomic mass is 32.2. The van der Waals surface area contributed by atoms with Crippen LogP contribution in [0.15, 0.2) is 47.4 Å². The number of sulfonamides is 2. The van der Waals surface area contributed by atoms with E-state index in [1.165, 1.54) is 25.1 Å². The lowest BCUT2D eigenvalue weighted by atomic mass is 9.67. The Balaban J connectivity index is 1.72. The van der Waals surface area contributed by atoms with Gasteiger partial charge in [0.15, 0.2) is 0 Å². The maximum absolute atomic E-state index is 13.8. The molecule has 1 saturated carbocycles.